The van der Waals surface area contributed by atoms with Crippen molar-refractivity contribution >= 4 is 33.5 Å². The average Bonchev–Trinajstić information content (AvgIpc) is 2.92. The maximum atomic E-state index is 10.8. The molecule has 0 aromatic heterocycles. The van der Waals surface area contributed by atoms with Gasteiger partial charge in [-0.15, -0.1) is 0 Å². The van der Waals surface area contributed by atoms with Crippen molar-refractivity contribution < 1.29 is 24.1 Å². The van der Waals surface area contributed by atoms with Crippen LogP contribution in [0.2, 0.25) is 5.02 Å². The number of carboxylic acids is 1. The Morgan fingerprint density at radius 2 is 2.00 bits per heavy atom. The van der Waals surface area contributed by atoms with Crippen molar-refractivity contribution in [1.82, 2.24) is 0 Å². The lowest BCUT2D eigenvalue weighted by Gasteiger charge is -2.19. The van der Waals surface area contributed by atoms with E-state index < -0.39 is 5.97 Å². The van der Waals surface area contributed by atoms with Crippen molar-refractivity contribution in [1.29, 1.82) is 0 Å². The Kier molecular flexibility index (Phi) is 6.10. The van der Waals surface area contributed by atoms with Crippen LogP contribution in [0.3, 0.4) is 0 Å². The number of methoxy groups -OCH3 is 1. The van der Waals surface area contributed by atoms with Crippen molar-refractivity contribution in [2.24, 2.45) is 0 Å². The summed E-state index contributed by atoms with van der Waals surface area (Å²) >= 11 is 9.77. The number of rotatable bonds is 7. The summed E-state index contributed by atoms with van der Waals surface area (Å²) in [6, 6.07) is 7.38. The van der Waals surface area contributed by atoms with Gasteiger partial charge in [-0.3, -0.25) is 4.79 Å². The van der Waals surface area contributed by atoms with Crippen LogP contribution < -0.4 is 14.2 Å². The van der Waals surface area contributed by atoms with E-state index in [9.17, 15) is 4.79 Å². The molecule has 5 nitrogen and oxygen atoms in total. The standard InChI is InChI=1S/C21H22BrClO5/c1-21(2)10-13-6-15(23)7-14(20(13)28-21)11-27-18-9-16(22)12(4-5-19(24)25)8-17(18)26-3/h6-9H,4-5,10-11H2,1-3H3,(H,24,25). The van der Waals surface area contributed by atoms with Crippen molar-refractivity contribution in [3.8, 4) is 17.2 Å². The third-order valence-electron chi connectivity index (χ3n) is 4.53. The molecule has 2 aromatic rings. The topological polar surface area (TPSA) is 65.0 Å². The van der Waals surface area contributed by atoms with E-state index in [1.165, 1.54) is 0 Å². The fourth-order valence-corrected chi connectivity index (χ4v) is 4.07. The van der Waals surface area contributed by atoms with Crippen molar-refractivity contribution in [3.05, 3.63) is 50.5 Å². The zero-order valence-corrected chi connectivity index (χ0v) is 18.3. The summed E-state index contributed by atoms with van der Waals surface area (Å²) in [5.74, 6) is 1.08. The molecule has 0 unspecified atom stereocenters. The SMILES string of the molecule is COc1cc(CCC(=O)O)c(Br)cc1OCc1cc(Cl)cc2c1OC(C)(C)C2. The summed E-state index contributed by atoms with van der Waals surface area (Å²) in [6.07, 6.45) is 1.24. The minimum Gasteiger partial charge on any atom is -0.493 e. The molecule has 0 amide bonds. The first-order valence-electron chi connectivity index (χ1n) is 8.90. The third-order valence-corrected chi connectivity index (χ3v) is 5.48. The van der Waals surface area contributed by atoms with E-state index in [4.69, 9.17) is 30.9 Å². The number of halogens is 2. The van der Waals surface area contributed by atoms with Gasteiger partial charge in [0, 0.05) is 27.9 Å². The van der Waals surface area contributed by atoms with Gasteiger partial charge < -0.3 is 19.3 Å². The smallest absolute Gasteiger partial charge is 0.303 e. The molecule has 0 atom stereocenters. The largest absolute Gasteiger partial charge is 0.493 e. The second-order valence-electron chi connectivity index (χ2n) is 7.37. The second kappa shape index (κ2) is 8.21. The van der Waals surface area contributed by atoms with Crippen LogP contribution in [-0.4, -0.2) is 23.8 Å². The molecule has 0 radical (unpaired) electrons. The molecule has 2 aromatic carbocycles. The zero-order valence-electron chi connectivity index (χ0n) is 16.0. The zero-order chi connectivity index (χ0) is 20.5. The second-order valence-corrected chi connectivity index (χ2v) is 8.66. The first-order chi connectivity index (χ1) is 13.2. The molecule has 0 saturated carbocycles. The van der Waals surface area contributed by atoms with Gasteiger partial charge in [0.15, 0.2) is 11.5 Å². The van der Waals surface area contributed by atoms with E-state index in [-0.39, 0.29) is 18.6 Å². The van der Waals surface area contributed by atoms with Crippen molar-refractivity contribution in [2.75, 3.05) is 7.11 Å². The molecule has 0 saturated heterocycles. The van der Waals surface area contributed by atoms with Gasteiger partial charge in [0.25, 0.3) is 0 Å². The molecule has 0 bridgehead atoms. The monoisotopic (exact) mass is 468 g/mol. The van der Waals surface area contributed by atoms with Gasteiger partial charge in [0.1, 0.15) is 18.0 Å². The Bertz CT molecular complexity index is 910. The summed E-state index contributed by atoms with van der Waals surface area (Å²) in [6.45, 7) is 4.36. The fraction of sp³-hybridized carbons (Fsp3) is 0.381. The molecule has 0 fully saturated rings. The predicted molar refractivity (Wildman–Crippen MR) is 111 cm³/mol. The molecule has 1 aliphatic rings. The lowest BCUT2D eigenvalue weighted by atomic mass is 10.0. The van der Waals surface area contributed by atoms with Gasteiger partial charge in [0.05, 0.1) is 7.11 Å². The minimum absolute atomic E-state index is 0.0454. The maximum absolute atomic E-state index is 10.8. The minimum atomic E-state index is -0.844. The van der Waals surface area contributed by atoms with Crippen molar-refractivity contribution in [2.45, 2.75) is 45.3 Å². The summed E-state index contributed by atoms with van der Waals surface area (Å²) in [5.41, 5.74) is 2.53. The first-order valence-corrected chi connectivity index (χ1v) is 10.1. The molecule has 7 heteroatoms. The van der Waals surface area contributed by atoms with Crippen LogP contribution in [0.4, 0.5) is 0 Å². The molecular weight excluding hydrogens is 448 g/mol. The summed E-state index contributed by atoms with van der Waals surface area (Å²) in [7, 11) is 1.56. The molecule has 3 rings (SSSR count). The Morgan fingerprint density at radius 3 is 2.68 bits per heavy atom. The van der Waals surface area contributed by atoms with E-state index in [2.05, 4.69) is 15.9 Å². The number of fused-ring (bicyclic) bond motifs is 1. The van der Waals surface area contributed by atoms with Crippen LogP contribution in [0.1, 0.15) is 37.0 Å². The molecular formula is C21H22BrClO5. The van der Waals surface area contributed by atoms with Crippen LogP contribution in [0.5, 0.6) is 17.2 Å². The highest BCUT2D eigenvalue weighted by Gasteiger charge is 2.32. The number of carboxylic acid groups (broad SMARTS) is 1. The average molecular weight is 470 g/mol. The molecule has 28 heavy (non-hydrogen) atoms. The lowest BCUT2D eigenvalue weighted by molar-refractivity contribution is -0.136. The molecule has 1 heterocycles. The Labute approximate surface area is 177 Å². The van der Waals surface area contributed by atoms with Crippen LogP contribution in [0, 0.1) is 0 Å². The highest BCUT2D eigenvalue weighted by Crippen LogP contribution is 2.41. The van der Waals surface area contributed by atoms with Crippen LogP contribution in [0.25, 0.3) is 0 Å². The number of aryl methyl sites for hydroxylation is 1. The molecule has 0 aliphatic carbocycles. The number of hydrogen-bond donors (Lipinski definition) is 1. The first kappa shape index (κ1) is 20.8. The number of carbonyl (C=O) groups is 1. The number of aliphatic carboxylic acids is 1. The number of ether oxygens (including phenoxy) is 3. The normalized spacial score (nSPS) is 14.3. The van der Waals surface area contributed by atoms with E-state index in [0.717, 1.165) is 33.3 Å². The molecule has 1 N–H and O–H groups in total. The predicted octanol–water partition coefficient (Wildman–Crippen LogP) is 5.42. The molecule has 1 aliphatic heterocycles. The Balaban J connectivity index is 1.82. The maximum Gasteiger partial charge on any atom is 0.303 e. The summed E-state index contributed by atoms with van der Waals surface area (Å²) in [5, 5.41) is 9.55. The quantitative estimate of drug-likeness (QED) is 0.586. The van der Waals surface area contributed by atoms with E-state index in [1.807, 2.05) is 26.0 Å². The molecule has 150 valence electrons. The van der Waals surface area contributed by atoms with Crippen LogP contribution in [0.15, 0.2) is 28.7 Å². The van der Waals surface area contributed by atoms with Crippen LogP contribution in [-0.2, 0) is 24.2 Å². The Hall–Kier alpha value is -1.92. The van der Waals surface area contributed by atoms with Gasteiger partial charge >= 0.3 is 5.97 Å². The van der Waals surface area contributed by atoms with Gasteiger partial charge in [0.2, 0.25) is 0 Å². The molecule has 0 spiro atoms. The summed E-state index contributed by atoms with van der Waals surface area (Å²) < 4.78 is 18.3. The lowest BCUT2D eigenvalue weighted by Crippen LogP contribution is -2.25. The Morgan fingerprint density at radius 1 is 1.25 bits per heavy atom. The highest BCUT2D eigenvalue weighted by molar-refractivity contribution is 9.10. The summed E-state index contributed by atoms with van der Waals surface area (Å²) in [4.78, 5) is 10.8. The third kappa shape index (κ3) is 4.73. The van der Waals surface area contributed by atoms with Gasteiger partial charge in [-0.2, -0.15) is 0 Å². The van der Waals surface area contributed by atoms with Crippen LogP contribution >= 0.6 is 27.5 Å². The van der Waals surface area contributed by atoms with E-state index in [0.29, 0.717) is 22.9 Å². The van der Waals surface area contributed by atoms with Gasteiger partial charge in [-0.1, -0.05) is 27.5 Å². The van der Waals surface area contributed by atoms with Gasteiger partial charge in [-0.25, -0.2) is 0 Å². The van der Waals surface area contributed by atoms with E-state index in [1.54, 1.807) is 19.2 Å². The van der Waals surface area contributed by atoms with Gasteiger partial charge in [-0.05, 0) is 55.7 Å². The van der Waals surface area contributed by atoms with E-state index >= 15 is 0 Å². The fourth-order valence-electron chi connectivity index (χ4n) is 3.29. The highest BCUT2D eigenvalue weighted by atomic mass is 79.9. The number of benzene rings is 2. The number of hydrogen-bond acceptors (Lipinski definition) is 4. The van der Waals surface area contributed by atoms with Crippen molar-refractivity contribution in [3.63, 3.8) is 0 Å².